The summed E-state index contributed by atoms with van der Waals surface area (Å²) < 4.78 is 16.8. The number of unbranched alkanes of at least 4 members (excludes halogenated alkanes) is 29. The van der Waals surface area contributed by atoms with Crippen LogP contribution in [0, 0.1) is 0 Å². The summed E-state index contributed by atoms with van der Waals surface area (Å²) in [4.78, 5) is 37.9. The molecule has 0 aliphatic carbocycles. The third kappa shape index (κ3) is 46.5. The van der Waals surface area contributed by atoms with Gasteiger partial charge < -0.3 is 14.2 Å². The van der Waals surface area contributed by atoms with Gasteiger partial charge in [0, 0.05) is 19.3 Å². The van der Waals surface area contributed by atoms with Gasteiger partial charge in [0.25, 0.3) is 0 Å². The van der Waals surface area contributed by atoms with Crippen LogP contribution in [0.5, 0.6) is 0 Å². The Bertz CT molecular complexity index is 1000. The third-order valence-corrected chi connectivity index (χ3v) is 11.1. The molecule has 0 aromatic carbocycles. The standard InChI is InChI=1S/C53H96O6/c1-4-7-10-13-16-19-22-24-26-28-31-34-37-40-43-46-52(55)58-49-50(48-57-51(54)45-42-39-36-33-30-21-18-15-12-9-6-3)59-53(56)47-44-41-38-35-32-29-27-25-23-20-17-14-11-8-5-2/h15,17-18,20,25,27,50H,4-14,16,19,21-24,26,28-49H2,1-3H3/b18-15-,20-17-,27-25-/t50-/m1/s1. The number of hydrogen-bond donors (Lipinski definition) is 0. The topological polar surface area (TPSA) is 78.9 Å². The van der Waals surface area contributed by atoms with Gasteiger partial charge in [0.2, 0.25) is 0 Å². The first kappa shape index (κ1) is 56.6. The fourth-order valence-electron chi connectivity index (χ4n) is 7.22. The molecular weight excluding hydrogens is 733 g/mol. The Morgan fingerprint density at radius 2 is 0.627 bits per heavy atom. The van der Waals surface area contributed by atoms with E-state index in [1.54, 1.807) is 0 Å². The van der Waals surface area contributed by atoms with E-state index in [0.717, 1.165) is 89.9 Å². The predicted molar refractivity (Wildman–Crippen MR) is 252 cm³/mol. The molecule has 0 fully saturated rings. The van der Waals surface area contributed by atoms with E-state index in [1.165, 1.54) is 135 Å². The number of ether oxygens (including phenoxy) is 3. The van der Waals surface area contributed by atoms with E-state index in [2.05, 4.69) is 57.2 Å². The van der Waals surface area contributed by atoms with Crippen LogP contribution in [0.3, 0.4) is 0 Å². The maximum absolute atomic E-state index is 12.8. The average molecular weight is 829 g/mol. The largest absolute Gasteiger partial charge is 0.462 e. The van der Waals surface area contributed by atoms with Crippen molar-refractivity contribution in [3.63, 3.8) is 0 Å². The van der Waals surface area contributed by atoms with Crippen LogP contribution < -0.4 is 0 Å². The minimum Gasteiger partial charge on any atom is -0.462 e. The molecule has 0 saturated heterocycles. The van der Waals surface area contributed by atoms with Gasteiger partial charge in [-0.3, -0.25) is 14.4 Å². The molecule has 0 unspecified atom stereocenters. The predicted octanol–water partition coefficient (Wildman–Crippen LogP) is 16.5. The molecule has 344 valence electrons. The van der Waals surface area contributed by atoms with Gasteiger partial charge in [0.1, 0.15) is 13.2 Å². The summed E-state index contributed by atoms with van der Waals surface area (Å²) in [6.07, 6.45) is 55.5. The van der Waals surface area contributed by atoms with Crippen molar-refractivity contribution in [1.82, 2.24) is 0 Å². The molecule has 0 aromatic rings. The molecule has 0 saturated carbocycles. The van der Waals surface area contributed by atoms with Crippen LogP contribution in [-0.2, 0) is 28.6 Å². The zero-order chi connectivity index (χ0) is 43.0. The summed E-state index contributed by atoms with van der Waals surface area (Å²) >= 11 is 0. The van der Waals surface area contributed by atoms with E-state index in [1.807, 2.05) is 0 Å². The molecule has 0 aliphatic heterocycles. The normalized spacial score (nSPS) is 12.3. The second-order valence-corrected chi connectivity index (χ2v) is 17.1. The highest BCUT2D eigenvalue weighted by Gasteiger charge is 2.19. The van der Waals surface area contributed by atoms with E-state index < -0.39 is 6.10 Å². The Morgan fingerprint density at radius 1 is 0.339 bits per heavy atom. The Labute approximate surface area is 365 Å². The van der Waals surface area contributed by atoms with Crippen molar-refractivity contribution in [3.05, 3.63) is 36.5 Å². The first-order chi connectivity index (χ1) is 29.0. The first-order valence-corrected chi connectivity index (χ1v) is 25.5. The maximum Gasteiger partial charge on any atom is 0.306 e. The van der Waals surface area contributed by atoms with E-state index in [4.69, 9.17) is 14.2 Å². The van der Waals surface area contributed by atoms with Crippen LogP contribution in [-0.4, -0.2) is 37.2 Å². The van der Waals surface area contributed by atoms with Crippen molar-refractivity contribution < 1.29 is 28.6 Å². The van der Waals surface area contributed by atoms with Crippen LogP contribution in [0.4, 0.5) is 0 Å². The lowest BCUT2D eigenvalue weighted by Crippen LogP contribution is -2.30. The molecule has 0 rings (SSSR count). The summed E-state index contributed by atoms with van der Waals surface area (Å²) in [7, 11) is 0. The zero-order valence-corrected chi connectivity index (χ0v) is 39.3. The maximum atomic E-state index is 12.8. The highest BCUT2D eigenvalue weighted by molar-refractivity contribution is 5.71. The molecular formula is C53H96O6. The Morgan fingerprint density at radius 3 is 1.03 bits per heavy atom. The lowest BCUT2D eigenvalue weighted by molar-refractivity contribution is -0.167. The first-order valence-electron chi connectivity index (χ1n) is 25.5. The Balaban J connectivity index is 4.37. The monoisotopic (exact) mass is 829 g/mol. The number of allylic oxidation sites excluding steroid dienone is 6. The highest BCUT2D eigenvalue weighted by Crippen LogP contribution is 2.15. The van der Waals surface area contributed by atoms with Gasteiger partial charge in [-0.15, -0.1) is 0 Å². The minimum absolute atomic E-state index is 0.0777. The molecule has 0 aromatic heterocycles. The van der Waals surface area contributed by atoms with Crippen LogP contribution in [0.15, 0.2) is 36.5 Å². The lowest BCUT2D eigenvalue weighted by Gasteiger charge is -2.18. The summed E-state index contributed by atoms with van der Waals surface area (Å²) in [6.45, 7) is 6.57. The summed E-state index contributed by atoms with van der Waals surface area (Å²) in [5.41, 5.74) is 0. The van der Waals surface area contributed by atoms with Crippen molar-refractivity contribution >= 4 is 17.9 Å². The molecule has 0 spiro atoms. The van der Waals surface area contributed by atoms with E-state index in [-0.39, 0.29) is 31.1 Å². The second-order valence-electron chi connectivity index (χ2n) is 17.1. The van der Waals surface area contributed by atoms with Crippen molar-refractivity contribution in [2.45, 2.75) is 271 Å². The number of carbonyl (C=O) groups excluding carboxylic acids is 3. The molecule has 6 nitrogen and oxygen atoms in total. The second kappa shape index (κ2) is 48.3. The molecule has 1 atom stereocenters. The zero-order valence-electron chi connectivity index (χ0n) is 39.3. The number of hydrogen-bond acceptors (Lipinski definition) is 6. The molecule has 0 radical (unpaired) electrons. The average Bonchev–Trinajstić information content (AvgIpc) is 3.23. The van der Waals surface area contributed by atoms with Gasteiger partial charge in [-0.25, -0.2) is 0 Å². The van der Waals surface area contributed by atoms with Gasteiger partial charge >= 0.3 is 17.9 Å². The van der Waals surface area contributed by atoms with E-state index in [0.29, 0.717) is 19.3 Å². The molecule has 0 heterocycles. The van der Waals surface area contributed by atoms with Crippen LogP contribution in [0.25, 0.3) is 0 Å². The number of carbonyl (C=O) groups is 3. The molecule has 6 heteroatoms. The number of esters is 3. The summed E-state index contributed by atoms with van der Waals surface area (Å²) in [6, 6.07) is 0. The molecule has 0 bridgehead atoms. The molecule has 59 heavy (non-hydrogen) atoms. The Kier molecular flexibility index (Phi) is 46.4. The fraction of sp³-hybridized carbons (Fsp3) is 0.830. The summed E-state index contributed by atoms with van der Waals surface area (Å²) in [5, 5.41) is 0. The fourth-order valence-corrected chi connectivity index (χ4v) is 7.22. The Hall–Kier alpha value is -2.37. The van der Waals surface area contributed by atoms with Gasteiger partial charge in [-0.2, -0.15) is 0 Å². The van der Waals surface area contributed by atoms with Crippen molar-refractivity contribution in [2.75, 3.05) is 13.2 Å². The van der Waals surface area contributed by atoms with Gasteiger partial charge in [0.15, 0.2) is 6.10 Å². The minimum atomic E-state index is -0.778. The van der Waals surface area contributed by atoms with E-state index >= 15 is 0 Å². The molecule has 0 amide bonds. The number of rotatable bonds is 46. The SMILES string of the molecule is CCCC/C=C\CCCCCCCC(=O)OC[C@H](COC(=O)CCCCCCCCCCCCCCCCC)OC(=O)CCCCCCC/C=C\C/C=C\CCCCC. The molecule has 0 N–H and O–H groups in total. The summed E-state index contributed by atoms with van der Waals surface area (Å²) in [5.74, 6) is -0.893. The van der Waals surface area contributed by atoms with Gasteiger partial charge in [0.05, 0.1) is 0 Å². The van der Waals surface area contributed by atoms with Gasteiger partial charge in [-0.1, -0.05) is 211 Å². The van der Waals surface area contributed by atoms with Crippen molar-refractivity contribution in [3.8, 4) is 0 Å². The van der Waals surface area contributed by atoms with Gasteiger partial charge in [-0.05, 0) is 70.6 Å². The quantitative estimate of drug-likeness (QED) is 0.0263. The van der Waals surface area contributed by atoms with Crippen molar-refractivity contribution in [1.29, 1.82) is 0 Å². The van der Waals surface area contributed by atoms with Crippen LogP contribution in [0.2, 0.25) is 0 Å². The highest BCUT2D eigenvalue weighted by atomic mass is 16.6. The molecule has 0 aliphatic rings. The van der Waals surface area contributed by atoms with E-state index in [9.17, 15) is 14.4 Å². The lowest BCUT2D eigenvalue weighted by atomic mass is 10.0. The van der Waals surface area contributed by atoms with Crippen molar-refractivity contribution in [2.24, 2.45) is 0 Å². The third-order valence-electron chi connectivity index (χ3n) is 11.1. The smallest absolute Gasteiger partial charge is 0.306 e. The van der Waals surface area contributed by atoms with Crippen LogP contribution >= 0.6 is 0 Å². The van der Waals surface area contributed by atoms with Crippen LogP contribution in [0.1, 0.15) is 265 Å².